The standard InChI is InChI=1S/C12H15N3O/c1-8(2)12-14-7-10-5-9(11(16)6-13)3-4-15(10)12/h3-5,7-8H,6,13H2,1-2H3. The van der Waals surface area contributed by atoms with E-state index in [2.05, 4.69) is 18.8 Å². The first-order chi connectivity index (χ1) is 7.63. The van der Waals surface area contributed by atoms with E-state index in [9.17, 15) is 4.79 Å². The van der Waals surface area contributed by atoms with E-state index in [1.54, 1.807) is 12.3 Å². The second kappa shape index (κ2) is 4.06. The number of imidazole rings is 1. The van der Waals surface area contributed by atoms with Crippen molar-refractivity contribution in [2.24, 2.45) is 5.73 Å². The van der Waals surface area contributed by atoms with Crippen LogP contribution in [0.3, 0.4) is 0 Å². The van der Waals surface area contributed by atoms with Crippen molar-refractivity contribution in [3.63, 3.8) is 0 Å². The van der Waals surface area contributed by atoms with Gasteiger partial charge in [0.1, 0.15) is 5.82 Å². The lowest BCUT2D eigenvalue weighted by Crippen LogP contribution is -2.13. The predicted octanol–water partition coefficient (Wildman–Crippen LogP) is 1.60. The highest BCUT2D eigenvalue weighted by molar-refractivity contribution is 5.98. The average molecular weight is 217 g/mol. The van der Waals surface area contributed by atoms with Crippen LogP contribution in [-0.2, 0) is 0 Å². The molecule has 0 aliphatic carbocycles. The fourth-order valence-electron chi connectivity index (χ4n) is 1.74. The van der Waals surface area contributed by atoms with Gasteiger partial charge in [-0.05, 0) is 12.1 Å². The Morgan fingerprint density at radius 1 is 1.56 bits per heavy atom. The number of hydrogen-bond donors (Lipinski definition) is 1. The molecule has 0 aromatic carbocycles. The second-order valence-electron chi connectivity index (χ2n) is 4.11. The Labute approximate surface area is 94.1 Å². The number of Topliss-reactive ketones (excluding diaryl/α,β-unsaturated/α-hetero) is 1. The Morgan fingerprint density at radius 2 is 2.31 bits per heavy atom. The molecule has 16 heavy (non-hydrogen) atoms. The van der Waals surface area contributed by atoms with Crippen molar-refractivity contribution < 1.29 is 4.79 Å². The summed E-state index contributed by atoms with van der Waals surface area (Å²) in [6.07, 6.45) is 3.66. The van der Waals surface area contributed by atoms with E-state index >= 15 is 0 Å². The number of pyridine rings is 1. The highest BCUT2D eigenvalue weighted by Crippen LogP contribution is 2.16. The molecule has 0 amide bonds. The summed E-state index contributed by atoms with van der Waals surface area (Å²) in [6, 6.07) is 3.61. The van der Waals surface area contributed by atoms with Gasteiger partial charge in [0, 0.05) is 17.7 Å². The molecule has 2 N–H and O–H groups in total. The summed E-state index contributed by atoms with van der Waals surface area (Å²) in [5, 5.41) is 0. The van der Waals surface area contributed by atoms with Crippen molar-refractivity contribution in [1.82, 2.24) is 9.38 Å². The molecule has 2 aromatic rings. The predicted molar refractivity (Wildman–Crippen MR) is 62.7 cm³/mol. The van der Waals surface area contributed by atoms with E-state index in [0.717, 1.165) is 11.3 Å². The number of nitrogens with two attached hydrogens (primary N) is 1. The molecule has 0 radical (unpaired) electrons. The van der Waals surface area contributed by atoms with Crippen LogP contribution in [0.4, 0.5) is 0 Å². The monoisotopic (exact) mass is 217 g/mol. The number of carbonyl (C=O) groups is 1. The van der Waals surface area contributed by atoms with E-state index < -0.39 is 0 Å². The summed E-state index contributed by atoms with van der Waals surface area (Å²) in [5.41, 5.74) is 6.91. The molecular weight excluding hydrogens is 202 g/mol. The fraction of sp³-hybridized carbons (Fsp3) is 0.333. The quantitative estimate of drug-likeness (QED) is 0.794. The minimum absolute atomic E-state index is 0.0430. The SMILES string of the molecule is CC(C)c1ncc2cc(C(=O)CN)ccn12. The Kier molecular flexibility index (Phi) is 2.75. The van der Waals surface area contributed by atoms with Gasteiger partial charge in [0.2, 0.25) is 0 Å². The highest BCUT2D eigenvalue weighted by Gasteiger charge is 2.09. The van der Waals surface area contributed by atoms with Crippen molar-refractivity contribution in [1.29, 1.82) is 0 Å². The van der Waals surface area contributed by atoms with Crippen LogP contribution in [0.15, 0.2) is 24.5 Å². The lowest BCUT2D eigenvalue weighted by atomic mass is 10.1. The Morgan fingerprint density at radius 3 is 2.94 bits per heavy atom. The topological polar surface area (TPSA) is 60.4 Å². The van der Waals surface area contributed by atoms with E-state index in [0.29, 0.717) is 11.5 Å². The van der Waals surface area contributed by atoms with Gasteiger partial charge in [-0.15, -0.1) is 0 Å². The van der Waals surface area contributed by atoms with Gasteiger partial charge in [-0.2, -0.15) is 0 Å². The maximum atomic E-state index is 11.4. The molecule has 0 bridgehead atoms. The third-order valence-electron chi connectivity index (χ3n) is 2.58. The lowest BCUT2D eigenvalue weighted by Gasteiger charge is -2.05. The van der Waals surface area contributed by atoms with Gasteiger partial charge < -0.3 is 10.1 Å². The van der Waals surface area contributed by atoms with E-state index in [-0.39, 0.29) is 12.3 Å². The van der Waals surface area contributed by atoms with Crippen molar-refractivity contribution in [2.75, 3.05) is 6.54 Å². The largest absolute Gasteiger partial charge is 0.324 e. The number of hydrogen-bond acceptors (Lipinski definition) is 3. The minimum atomic E-state index is -0.0465. The molecule has 0 saturated carbocycles. The number of carbonyl (C=O) groups excluding carboxylic acids is 1. The lowest BCUT2D eigenvalue weighted by molar-refractivity contribution is 0.100. The van der Waals surface area contributed by atoms with Gasteiger partial charge in [0.05, 0.1) is 18.3 Å². The van der Waals surface area contributed by atoms with Crippen LogP contribution in [-0.4, -0.2) is 21.7 Å². The Hall–Kier alpha value is -1.68. The number of rotatable bonds is 3. The summed E-state index contributed by atoms with van der Waals surface area (Å²) < 4.78 is 2.00. The summed E-state index contributed by atoms with van der Waals surface area (Å²) in [7, 11) is 0. The molecule has 0 aliphatic heterocycles. The molecule has 4 heteroatoms. The first kappa shape index (κ1) is 10.8. The summed E-state index contributed by atoms with van der Waals surface area (Å²) >= 11 is 0. The van der Waals surface area contributed by atoms with E-state index in [1.165, 1.54) is 0 Å². The molecule has 0 spiro atoms. The van der Waals surface area contributed by atoms with Crippen molar-refractivity contribution in [3.05, 3.63) is 35.9 Å². The number of fused-ring (bicyclic) bond motifs is 1. The maximum Gasteiger partial charge on any atom is 0.176 e. The highest BCUT2D eigenvalue weighted by atomic mass is 16.1. The number of aromatic nitrogens is 2. The fourth-order valence-corrected chi connectivity index (χ4v) is 1.74. The van der Waals surface area contributed by atoms with Gasteiger partial charge in [0.15, 0.2) is 5.78 Å². The summed E-state index contributed by atoms with van der Waals surface area (Å²) in [4.78, 5) is 15.8. The van der Waals surface area contributed by atoms with Gasteiger partial charge >= 0.3 is 0 Å². The molecule has 2 rings (SSSR count). The van der Waals surface area contributed by atoms with Crippen molar-refractivity contribution >= 4 is 11.3 Å². The zero-order chi connectivity index (χ0) is 11.7. The molecule has 0 fully saturated rings. The van der Waals surface area contributed by atoms with Crippen LogP contribution >= 0.6 is 0 Å². The van der Waals surface area contributed by atoms with Gasteiger partial charge in [-0.3, -0.25) is 4.79 Å². The van der Waals surface area contributed by atoms with Crippen LogP contribution in [0, 0.1) is 0 Å². The van der Waals surface area contributed by atoms with E-state index in [4.69, 9.17) is 5.73 Å². The molecule has 0 aliphatic rings. The zero-order valence-electron chi connectivity index (χ0n) is 9.47. The maximum absolute atomic E-state index is 11.4. The van der Waals surface area contributed by atoms with Gasteiger partial charge in [-0.25, -0.2) is 4.98 Å². The Bertz CT molecular complexity index is 528. The third-order valence-corrected chi connectivity index (χ3v) is 2.58. The number of nitrogens with zero attached hydrogens (tertiary/aromatic N) is 2. The van der Waals surface area contributed by atoms with Crippen LogP contribution in [0.2, 0.25) is 0 Å². The van der Waals surface area contributed by atoms with Crippen molar-refractivity contribution in [3.8, 4) is 0 Å². The Balaban J connectivity index is 2.53. The van der Waals surface area contributed by atoms with Gasteiger partial charge in [0.25, 0.3) is 0 Å². The first-order valence-corrected chi connectivity index (χ1v) is 5.33. The average Bonchev–Trinajstić information content (AvgIpc) is 2.70. The zero-order valence-corrected chi connectivity index (χ0v) is 9.47. The van der Waals surface area contributed by atoms with E-state index in [1.807, 2.05) is 16.7 Å². The molecule has 2 aromatic heterocycles. The minimum Gasteiger partial charge on any atom is -0.324 e. The van der Waals surface area contributed by atoms with Crippen LogP contribution in [0.1, 0.15) is 35.9 Å². The van der Waals surface area contributed by atoms with Crippen molar-refractivity contribution in [2.45, 2.75) is 19.8 Å². The summed E-state index contributed by atoms with van der Waals surface area (Å²) in [5.74, 6) is 1.31. The molecule has 0 unspecified atom stereocenters. The smallest absolute Gasteiger partial charge is 0.176 e. The van der Waals surface area contributed by atoms with Crippen LogP contribution in [0.5, 0.6) is 0 Å². The molecule has 4 nitrogen and oxygen atoms in total. The molecule has 2 heterocycles. The van der Waals surface area contributed by atoms with Crippen LogP contribution < -0.4 is 5.73 Å². The third kappa shape index (κ3) is 1.72. The molecule has 84 valence electrons. The van der Waals surface area contributed by atoms with Gasteiger partial charge in [-0.1, -0.05) is 13.8 Å². The first-order valence-electron chi connectivity index (χ1n) is 5.33. The second-order valence-corrected chi connectivity index (χ2v) is 4.11. The summed E-state index contributed by atoms with van der Waals surface area (Å²) in [6.45, 7) is 4.22. The molecular formula is C12H15N3O. The van der Waals surface area contributed by atoms with Crippen LogP contribution in [0.25, 0.3) is 5.52 Å². The molecule has 0 saturated heterocycles. The molecule has 0 atom stereocenters. The normalized spacial score (nSPS) is 11.2. The number of ketones is 1.